The van der Waals surface area contributed by atoms with Crippen LogP contribution in [0.3, 0.4) is 0 Å². The highest BCUT2D eigenvalue weighted by Gasteiger charge is 2.27. The summed E-state index contributed by atoms with van der Waals surface area (Å²) >= 11 is 0. The molecule has 2 aliphatic rings. The molecule has 1 aliphatic heterocycles. The number of hydrogen-bond donors (Lipinski definition) is 3. The van der Waals surface area contributed by atoms with Crippen LogP contribution in [0.25, 0.3) is 0 Å². The number of Topliss-reactive ketones (excluding diaryl/α,β-unsaturated/α-hetero) is 1. The molecular formula is C17H19N3O4. The van der Waals surface area contributed by atoms with Gasteiger partial charge in [-0.25, -0.2) is 4.79 Å². The molecule has 0 radical (unpaired) electrons. The number of anilines is 1. The van der Waals surface area contributed by atoms with Gasteiger partial charge in [-0.15, -0.1) is 0 Å². The van der Waals surface area contributed by atoms with E-state index < -0.39 is 18.0 Å². The van der Waals surface area contributed by atoms with Gasteiger partial charge in [0.1, 0.15) is 6.04 Å². The normalized spacial score (nSPS) is 20.7. The van der Waals surface area contributed by atoms with Gasteiger partial charge in [0.05, 0.1) is 0 Å². The molecule has 3 rings (SSSR count). The van der Waals surface area contributed by atoms with E-state index in [9.17, 15) is 19.2 Å². The average Bonchev–Trinajstić information content (AvgIpc) is 2.72. The van der Waals surface area contributed by atoms with Crippen molar-refractivity contribution in [2.75, 3.05) is 5.32 Å². The molecule has 1 aliphatic carbocycles. The molecule has 0 saturated carbocycles. The third-order valence-corrected chi connectivity index (χ3v) is 4.31. The van der Waals surface area contributed by atoms with Gasteiger partial charge >= 0.3 is 6.03 Å². The maximum atomic E-state index is 12.1. The standard InChI is InChI=1S/C17H19N3O4/c21-14-4-2-1-3-10-5-6-11(9-12(10)14)18-17(24)19-13-7-8-15(22)20-16(13)23/h5-6,9,13H,1-4,7-8H2,(H2,18,19,24)(H,20,22,23). The van der Waals surface area contributed by atoms with Crippen LogP contribution in [0.2, 0.25) is 0 Å². The predicted molar refractivity (Wildman–Crippen MR) is 86.7 cm³/mol. The number of hydrogen-bond acceptors (Lipinski definition) is 4. The number of benzene rings is 1. The van der Waals surface area contributed by atoms with E-state index in [0.717, 1.165) is 24.8 Å². The van der Waals surface area contributed by atoms with Gasteiger partial charge in [-0.1, -0.05) is 6.07 Å². The Morgan fingerprint density at radius 3 is 2.67 bits per heavy atom. The number of rotatable bonds is 2. The molecule has 7 heteroatoms. The largest absolute Gasteiger partial charge is 0.326 e. The first-order valence-electron chi connectivity index (χ1n) is 8.10. The van der Waals surface area contributed by atoms with Crippen LogP contribution in [0, 0.1) is 0 Å². The van der Waals surface area contributed by atoms with Gasteiger partial charge in [0.15, 0.2) is 5.78 Å². The first-order valence-corrected chi connectivity index (χ1v) is 8.10. The third kappa shape index (κ3) is 3.61. The molecule has 3 N–H and O–H groups in total. The fourth-order valence-electron chi connectivity index (χ4n) is 3.02. The van der Waals surface area contributed by atoms with Crippen LogP contribution in [0.4, 0.5) is 10.5 Å². The van der Waals surface area contributed by atoms with Crippen molar-refractivity contribution in [3.63, 3.8) is 0 Å². The summed E-state index contributed by atoms with van der Waals surface area (Å²) in [6, 6.07) is 4.03. The van der Waals surface area contributed by atoms with Crippen molar-refractivity contribution < 1.29 is 19.2 Å². The lowest BCUT2D eigenvalue weighted by Gasteiger charge is -2.22. The number of amides is 4. The Hall–Kier alpha value is -2.70. The molecule has 0 aromatic heterocycles. The molecular weight excluding hydrogens is 310 g/mol. The first-order chi connectivity index (χ1) is 11.5. The van der Waals surface area contributed by atoms with Crippen LogP contribution in [-0.2, 0) is 16.0 Å². The quantitative estimate of drug-likeness (QED) is 0.565. The van der Waals surface area contributed by atoms with Crippen LogP contribution in [0.5, 0.6) is 0 Å². The van der Waals surface area contributed by atoms with Gasteiger partial charge < -0.3 is 10.6 Å². The van der Waals surface area contributed by atoms with E-state index in [-0.39, 0.29) is 24.5 Å². The minimum Gasteiger partial charge on any atom is -0.326 e. The van der Waals surface area contributed by atoms with Crippen molar-refractivity contribution in [3.8, 4) is 0 Å². The Bertz CT molecular complexity index is 714. The van der Waals surface area contributed by atoms with E-state index in [0.29, 0.717) is 17.7 Å². The Balaban J connectivity index is 1.65. The Labute approximate surface area is 139 Å². The van der Waals surface area contributed by atoms with Crippen molar-refractivity contribution in [2.24, 2.45) is 0 Å². The van der Waals surface area contributed by atoms with Gasteiger partial charge in [-0.3, -0.25) is 19.7 Å². The number of nitrogens with one attached hydrogen (secondary N) is 3. The number of carbonyl (C=O) groups excluding carboxylic acids is 4. The smallest absolute Gasteiger partial charge is 0.319 e. The van der Waals surface area contributed by atoms with E-state index in [1.54, 1.807) is 12.1 Å². The molecule has 1 aromatic carbocycles. The number of fused-ring (bicyclic) bond motifs is 1. The minimum atomic E-state index is -0.731. The molecule has 24 heavy (non-hydrogen) atoms. The van der Waals surface area contributed by atoms with E-state index in [4.69, 9.17) is 0 Å². The molecule has 0 bridgehead atoms. The molecule has 1 aromatic rings. The van der Waals surface area contributed by atoms with Crippen LogP contribution >= 0.6 is 0 Å². The topological polar surface area (TPSA) is 104 Å². The number of piperidine rings is 1. The van der Waals surface area contributed by atoms with Crippen molar-refractivity contribution in [3.05, 3.63) is 29.3 Å². The van der Waals surface area contributed by atoms with Crippen LogP contribution < -0.4 is 16.0 Å². The molecule has 1 atom stereocenters. The van der Waals surface area contributed by atoms with Crippen LogP contribution in [0.15, 0.2) is 18.2 Å². The lowest BCUT2D eigenvalue weighted by molar-refractivity contribution is -0.134. The molecule has 126 valence electrons. The summed E-state index contributed by atoms with van der Waals surface area (Å²) < 4.78 is 0. The van der Waals surface area contributed by atoms with Gasteiger partial charge in [0, 0.05) is 24.1 Å². The SMILES string of the molecule is O=C1CCC(NC(=O)Nc2ccc3c(c2)C(=O)CCCC3)C(=O)N1. The summed E-state index contributed by atoms with van der Waals surface area (Å²) in [6.07, 6.45) is 3.74. The highest BCUT2D eigenvalue weighted by molar-refractivity contribution is 6.03. The van der Waals surface area contributed by atoms with Crippen LogP contribution in [0.1, 0.15) is 48.0 Å². The highest BCUT2D eigenvalue weighted by Crippen LogP contribution is 2.23. The predicted octanol–water partition coefficient (Wildman–Crippen LogP) is 1.52. The van der Waals surface area contributed by atoms with Crippen molar-refractivity contribution >= 4 is 29.3 Å². The third-order valence-electron chi connectivity index (χ3n) is 4.31. The van der Waals surface area contributed by atoms with E-state index >= 15 is 0 Å². The monoisotopic (exact) mass is 329 g/mol. The number of aryl methyl sites for hydroxylation is 1. The summed E-state index contributed by atoms with van der Waals surface area (Å²) in [6.45, 7) is 0. The van der Waals surface area contributed by atoms with Crippen molar-refractivity contribution in [1.82, 2.24) is 10.6 Å². The van der Waals surface area contributed by atoms with E-state index in [2.05, 4.69) is 16.0 Å². The lowest BCUT2D eigenvalue weighted by Crippen LogP contribution is -2.53. The second-order valence-electron chi connectivity index (χ2n) is 6.10. The molecule has 1 heterocycles. The van der Waals surface area contributed by atoms with E-state index in [1.165, 1.54) is 0 Å². The Kier molecular flexibility index (Phi) is 4.59. The summed E-state index contributed by atoms with van der Waals surface area (Å²) in [5.74, 6) is -0.738. The summed E-state index contributed by atoms with van der Waals surface area (Å²) in [7, 11) is 0. The average molecular weight is 329 g/mol. The van der Waals surface area contributed by atoms with E-state index in [1.807, 2.05) is 6.07 Å². The lowest BCUT2D eigenvalue weighted by atomic mass is 10.0. The number of ketones is 1. The molecule has 7 nitrogen and oxygen atoms in total. The summed E-state index contributed by atoms with van der Waals surface area (Å²) in [5, 5.41) is 7.37. The number of urea groups is 1. The minimum absolute atomic E-state index is 0.0942. The summed E-state index contributed by atoms with van der Waals surface area (Å²) in [5.41, 5.74) is 2.17. The van der Waals surface area contributed by atoms with Gasteiger partial charge in [-0.2, -0.15) is 0 Å². The fourth-order valence-corrected chi connectivity index (χ4v) is 3.02. The van der Waals surface area contributed by atoms with Gasteiger partial charge in [-0.05, 0) is 43.4 Å². The number of carbonyl (C=O) groups is 4. The first kappa shape index (κ1) is 16.2. The molecule has 0 spiro atoms. The van der Waals surface area contributed by atoms with Crippen LogP contribution in [-0.4, -0.2) is 29.7 Å². The van der Waals surface area contributed by atoms with Crippen molar-refractivity contribution in [2.45, 2.75) is 44.6 Å². The second-order valence-corrected chi connectivity index (χ2v) is 6.10. The molecule has 1 fully saturated rings. The second kappa shape index (κ2) is 6.82. The maximum Gasteiger partial charge on any atom is 0.319 e. The summed E-state index contributed by atoms with van der Waals surface area (Å²) in [4.78, 5) is 46.9. The Morgan fingerprint density at radius 1 is 1.08 bits per heavy atom. The molecule has 1 saturated heterocycles. The molecule has 4 amide bonds. The van der Waals surface area contributed by atoms with Gasteiger partial charge in [0.25, 0.3) is 0 Å². The maximum absolute atomic E-state index is 12.1. The zero-order chi connectivity index (χ0) is 17.1. The fraction of sp³-hybridized carbons (Fsp3) is 0.412. The van der Waals surface area contributed by atoms with Gasteiger partial charge in [0.2, 0.25) is 11.8 Å². The highest BCUT2D eigenvalue weighted by atomic mass is 16.2. The zero-order valence-corrected chi connectivity index (χ0v) is 13.2. The van der Waals surface area contributed by atoms with Crippen molar-refractivity contribution in [1.29, 1.82) is 0 Å². The zero-order valence-electron chi connectivity index (χ0n) is 13.2. The number of imide groups is 1. The molecule has 1 unspecified atom stereocenters. The Morgan fingerprint density at radius 2 is 1.88 bits per heavy atom.